The van der Waals surface area contributed by atoms with E-state index >= 15 is 0 Å². The van der Waals surface area contributed by atoms with Gasteiger partial charge in [0, 0.05) is 5.92 Å². The van der Waals surface area contributed by atoms with Crippen LogP contribution in [0.4, 0.5) is 4.79 Å². The standard InChI is InChI=1S/C19H19N3O4/c20-17(23)9-16(18(21)24)22-19(25)26-10-15-13-7-3-1-5-11(13)12-6-2-4-8-14(12)15/h1-8,15-16H,9-10H2,(H2,20,23)(H2,21,24)(H,22,25). The Morgan fingerprint density at radius 2 is 1.50 bits per heavy atom. The molecular formula is C19H19N3O4. The number of fused-ring (bicyclic) bond motifs is 3. The van der Waals surface area contributed by atoms with E-state index in [1.807, 2.05) is 48.5 Å². The van der Waals surface area contributed by atoms with Gasteiger partial charge in [0.15, 0.2) is 0 Å². The molecule has 134 valence electrons. The lowest BCUT2D eigenvalue weighted by Gasteiger charge is -2.17. The second-order valence-electron chi connectivity index (χ2n) is 6.10. The fourth-order valence-corrected chi connectivity index (χ4v) is 3.21. The van der Waals surface area contributed by atoms with Crippen LogP contribution in [0.1, 0.15) is 23.5 Å². The van der Waals surface area contributed by atoms with Gasteiger partial charge in [-0.15, -0.1) is 0 Å². The lowest BCUT2D eigenvalue weighted by atomic mass is 9.98. The molecule has 1 aliphatic carbocycles. The molecule has 0 aromatic heterocycles. The number of hydrogen-bond acceptors (Lipinski definition) is 4. The number of ether oxygens (including phenoxy) is 1. The highest BCUT2D eigenvalue weighted by Gasteiger charge is 2.29. The molecule has 26 heavy (non-hydrogen) atoms. The molecule has 7 nitrogen and oxygen atoms in total. The minimum Gasteiger partial charge on any atom is -0.449 e. The number of carbonyl (C=O) groups is 3. The van der Waals surface area contributed by atoms with Crippen LogP contribution in [0.15, 0.2) is 48.5 Å². The lowest BCUT2D eigenvalue weighted by Crippen LogP contribution is -2.46. The van der Waals surface area contributed by atoms with Gasteiger partial charge < -0.3 is 21.5 Å². The number of benzene rings is 2. The average Bonchev–Trinajstić information content (AvgIpc) is 2.93. The van der Waals surface area contributed by atoms with E-state index in [-0.39, 0.29) is 18.9 Å². The average molecular weight is 353 g/mol. The number of nitrogens with two attached hydrogens (primary N) is 2. The monoisotopic (exact) mass is 353 g/mol. The molecule has 0 bridgehead atoms. The normalized spacial score (nSPS) is 13.4. The minimum absolute atomic E-state index is 0.0991. The summed E-state index contributed by atoms with van der Waals surface area (Å²) in [6.45, 7) is 0.0991. The van der Waals surface area contributed by atoms with Crippen molar-refractivity contribution < 1.29 is 19.1 Å². The first-order chi connectivity index (χ1) is 12.5. The molecule has 0 heterocycles. The van der Waals surface area contributed by atoms with Crippen molar-refractivity contribution in [1.29, 1.82) is 0 Å². The van der Waals surface area contributed by atoms with Gasteiger partial charge in [0.2, 0.25) is 11.8 Å². The number of amides is 3. The Balaban J connectivity index is 1.71. The van der Waals surface area contributed by atoms with Gasteiger partial charge in [-0.05, 0) is 22.3 Å². The zero-order valence-corrected chi connectivity index (χ0v) is 14.0. The zero-order chi connectivity index (χ0) is 18.7. The summed E-state index contributed by atoms with van der Waals surface area (Å²) >= 11 is 0. The van der Waals surface area contributed by atoms with Crippen molar-refractivity contribution in [2.24, 2.45) is 11.5 Å². The molecular weight excluding hydrogens is 334 g/mol. The van der Waals surface area contributed by atoms with E-state index in [0.717, 1.165) is 22.3 Å². The molecule has 1 atom stereocenters. The first-order valence-corrected chi connectivity index (χ1v) is 8.16. The van der Waals surface area contributed by atoms with Crippen LogP contribution in [0, 0.1) is 0 Å². The third-order valence-corrected chi connectivity index (χ3v) is 4.38. The fourth-order valence-electron chi connectivity index (χ4n) is 3.21. The molecule has 7 heteroatoms. The third-order valence-electron chi connectivity index (χ3n) is 4.38. The zero-order valence-electron chi connectivity index (χ0n) is 14.0. The van der Waals surface area contributed by atoms with E-state index in [0.29, 0.717) is 0 Å². The molecule has 2 aromatic rings. The Hall–Kier alpha value is -3.35. The van der Waals surface area contributed by atoms with Gasteiger partial charge >= 0.3 is 6.09 Å². The number of carbonyl (C=O) groups excluding carboxylic acids is 3. The van der Waals surface area contributed by atoms with Crippen LogP contribution < -0.4 is 16.8 Å². The van der Waals surface area contributed by atoms with Gasteiger partial charge in [-0.2, -0.15) is 0 Å². The SMILES string of the molecule is NC(=O)CC(NC(=O)OCC1c2ccccc2-c2ccccc21)C(N)=O. The molecule has 3 rings (SSSR count). The van der Waals surface area contributed by atoms with Crippen molar-refractivity contribution in [2.75, 3.05) is 6.61 Å². The predicted octanol–water partition coefficient (Wildman–Crippen LogP) is 1.25. The first kappa shape index (κ1) is 17.5. The van der Waals surface area contributed by atoms with Crippen LogP contribution in [-0.4, -0.2) is 30.6 Å². The molecule has 3 amide bonds. The summed E-state index contributed by atoms with van der Waals surface area (Å²) in [4.78, 5) is 34.3. The molecule has 0 fully saturated rings. The van der Waals surface area contributed by atoms with Crippen LogP contribution in [-0.2, 0) is 14.3 Å². The first-order valence-electron chi connectivity index (χ1n) is 8.16. The molecule has 0 spiro atoms. The number of rotatable bonds is 6. The third kappa shape index (κ3) is 3.51. The topological polar surface area (TPSA) is 125 Å². The Bertz CT molecular complexity index is 820. The van der Waals surface area contributed by atoms with Crippen molar-refractivity contribution >= 4 is 17.9 Å². The van der Waals surface area contributed by atoms with Crippen molar-refractivity contribution in [3.05, 3.63) is 59.7 Å². The van der Waals surface area contributed by atoms with Crippen LogP contribution in [0.25, 0.3) is 11.1 Å². The van der Waals surface area contributed by atoms with Crippen molar-refractivity contribution in [1.82, 2.24) is 5.32 Å². The Morgan fingerprint density at radius 3 is 2.00 bits per heavy atom. The molecule has 0 aliphatic heterocycles. The number of nitrogens with one attached hydrogen (secondary N) is 1. The second-order valence-corrected chi connectivity index (χ2v) is 6.10. The van der Waals surface area contributed by atoms with Crippen LogP contribution in [0.3, 0.4) is 0 Å². The summed E-state index contributed by atoms with van der Waals surface area (Å²) in [5.41, 5.74) is 14.6. The second kappa shape index (κ2) is 7.26. The molecule has 0 radical (unpaired) electrons. The highest BCUT2D eigenvalue weighted by Crippen LogP contribution is 2.44. The summed E-state index contributed by atoms with van der Waals surface area (Å²) in [6, 6.07) is 14.7. The van der Waals surface area contributed by atoms with Crippen LogP contribution >= 0.6 is 0 Å². The maximum absolute atomic E-state index is 12.0. The highest BCUT2D eigenvalue weighted by molar-refractivity contribution is 5.89. The quantitative estimate of drug-likeness (QED) is 0.723. The summed E-state index contributed by atoms with van der Waals surface area (Å²) in [6.07, 6.45) is -1.20. The van der Waals surface area contributed by atoms with Crippen LogP contribution in [0.2, 0.25) is 0 Å². The van der Waals surface area contributed by atoms with E-state index in [4.69, 9.17) is 16.2 Å². The van der Waals surface area contributed by atoms with Gasteiger partial charge in [-0.25, -0.2) is 4.79 Å². The van der Waals surface area contributed by atoms with Gasteiger partial charge in [0.25, 0.3) is 0 Å². The van der Waals surface area contributed by atoms with Gasteiger partial charge in [0.05, 0.1) is 6.42 Å². The minimum atomic E-state index is -1.19. The van der Waals surface area contributed by atoms with Crippen LogP contribution in [0.5, 0.6) is 0 Å². The van der Waals surface area contributed by atoms with Gasteiger partial charge in [-0.1, -0.05) is 48.5 Å². The molecule has 0 saturated heterocycles. The summed E-state index contributed by atoms with van der Waals surface area (Å²) in [5.74, 6) is -1.69. The number of primary amides is 2. The van der Waals surface area contributed by atoms with E-state index in [1.54, 1.807) is 0 Å². The maximum Gasteiger partial charge on any atom is 0.407 e. The highest BCUT2D eigenvalue weighted by atomic mass is 16.5. The molecule has 5 N–H and O–H groups in total. The van der Waals surface area contributed by atoms with Gasteiger partial charge in [0.1, 0.15) is 12.6 Å². The van der Waals surface area contributed by atoms with Crippen molar-refractivity contribution in [3.8, 4) is 11.1 Å². The van der Waals surface area contributed by atoms with Crippen molar-refractivity contribution in [2.45, 2.75) is 18.4 Å². The predicted molar refractivity (Wildman–Crippen MR) is 95.0 cm³/mol. The summed E-state index contributed by atoms with van der Waals surface area (Å²) in [5, 5.41) is 2.28. The fraction of sp³-hybridized carbons (Fsp3) is 0.211. The van der Waals surface area contributed by atoms with E-state index in [2.05, 4.69) is 5.32 Å². The Kier molecular flexibility index (Phi) is 4.88. The molecule has 0 saturated carbocycles. The maximum atomic E-state index is 12.0. The Morgan fingerprint density at radius 1 is 0.962 bits per heavy atom. The van der Waals surface area contributed by atoms with E-state index in [1.165, 1.54) is 0 Å². The lowest BCUT2D eigenvalue weighted by molar-refractivity contribution is -0.125. The molecule has 1 unspecified atom stereocenters. The number of hydrogen-bond donors (Lipinski definition) is 3. The Labute approximate surface area is 150 Å². The van der Waals surface area contributed by atoms with E-state index < -0.39 is 23.9 Å². The van der Waals surface area contributed by atoms with Crippen molar-refractivity contribution in [3.63, 3.8) is 0 Å². The molecule has 1 aliphatic rings. The van der Waals surface area contributed by atoms with E-state index in [9.17, 15) is 14.4 Å². The van der Waals surface area contributed by atoms with Gasteiger partial charge in [-0.3, -0.25) is 9.59 Å². The largest absolute Gasteiger partial charge is 0.449 e. The summed E-state index contributed by atoms with van der Waals surface area (Å²) < 4.78 is 5.29. The number of alkyl carbamates (subject to hydrolysis) is 1. The summed E-state index contributed by atoms with van der Waals surface area (Å²) in [7, 11) is 0. The smallest absolute Gasteiger partial charge is 0.407 e. The molecule has 2 aromatic carbocycles.